The molecule has 1 rings (SSSR count). The lowest BCUT2D eigenvalue weighted by molar-refractivity contribution is -0.112. The molecule has 0 spiro atoms. The van der Waals surface area contributed by atoms with E-state index in [4.69, 9.17) is 5.11 Å². The third-order valence-electron chi connectivity index (χ3n) is 3.05. The third kappa shape index (κ3) is 4.03. The molecule has 1 aromatic rings. The fourth-order valence-electron chi connectivity index (χ4n) is 1.69. The van der Waals surface area contributed by atoms with Gasteiger partial charge in [-0.2, -0.15) is 0 Å². The zero-order valence-electron chi connectivity index (χ0n) is 11.1. The molecule has 112 valence electrons. The van der Waals surface area contributed by atoms with E-state index in [-0.39, 0.29) is 0 Å². The summed E-state index contributed by atoms with van der Waals surface area (Å²) in [6, 6.07) is 7.09. The number of benzene rings is 1. The summed E-state index contributed by atoms with van der Waals surface area (Å²) in [5, 5.41) is 56.5. The number of rotatable bonds is 6. The second-order valence-electron chi connectivity index (χ2n) is 4.60. The molecule has 0 saturated heterocycles. The average molecular weight is 284 g/mol. The Balaban J connectivity index is 2.86. The van der Waals surface area contributed by atoms with Crippen molar-refractivity contribution >= 4 is 6.08 Å². The highest BCUT2D eigenvalue weighted by atomic mass is 16.4. The van der Waals surface area contributed by atoms with Crippen LogP contribution in [0.5, 0.6) is 0 Å². The van der Waals surface area contributed by atoms with E-state index in [0.29, 0.717) is 5.56 Å². The van der Waals surface area contributed by atoms with Crippen LogP contribution in [0.4, 0.5) is 0 Å². The Morgan fingerprint density at radius 2 is 1.70 bits per heavy atom. The van der Waals surface area contributed by atoms with Crippen molar-refractivity contribution in [1.82, 2.24) is 0 Å². The smallest absolute Gasteiger partial charge is 0.139 e. The van der Waals surface area contributed by atoms with E-state index in [9.17, 15) is 25.5 Å². The molecular formula is C14H20O6. The predicted octanol–water partition coefficient (Wildman–Crippen LogP) is -0.670. The Labute approximate surface area is 116 Å². The first-order chi connectivity index (χ1) is 9.38. The number of hydrogen-bond acceptors (Lipinski definition) is 6. The number of hydrogen-bond donors (Lipinski definition) is 6. The first-order valence-corrected chi connectivity index (χ1v) is 6.17. The van der Waals surface area contributed by atoms with E-state index in [1.807, 2.05) is 19.1 Å². The molecule has 0 aromatic heterocycles. The van der Waals surface area contributed by atoms with Gasteiger partial charge in [-0.15, -0.1) is 0 Å². The maximum Gasteiger partial charge on any atom is 0.139 e. The van der Waals surface area contributed by atoms with Gasteiger partial charge in [-0.1, -0.05) is 24.3 Å². The molecule has 1 aromatic carbocycles. The molecule has 0 unspecified atom stereocenters. The van der Waals surface area contributed by atoms with Crippen LogP contribution in [-0.2, 0) is 0 Å². The number of aliphatic hydroxyl groups is 6. The lowest BCUT2D eigenvalue weighted by Gasteiger charge is -2.25. The first kappa shape index (κ1) is 16.6. The van der Waals surface area contributed by atoms with Crippen LogP contribution < -0.4 is 0 Å². The van der Waals surface area contributed by atoms with Crippen molar-refractivity contribution in [2.75, 3.05) is 6.61 Å². The summed E-state index contributed by atoms with van der Waals surface area (Å²) < 4.78 is 0. The summed E-state index contributed by atoms with van der Waals surface area (Å²) in [4.78, 5) is 0. The van der Waals surface area contributed by atoms with Crippen molar-refractivity contribution < 1.29 is 30.6 Å². The Hall–Kier alpha value is -1.44. The van der Waals surface area contributed by atoms with Crippen LogP contribution in [0, 0.1) is 6.92 Å². The Morgan fingerprint density at radius 1 is 1.10 bits per heavy atom. The lowest BCUT2D eigenvalue weighted by Crippen LogP contribution is -2.46. The molecule has 0 aliphatic carbocycles. The quantitative estimate of drug-likeness (QED) is 0.385. The van der Waals surface area contributed by atoms with Crippen LogP contribution in [0.25, 0.3) is 6.08 Å². The lowest BCUT2D eigenvalue weighted by atomic mass is 10.00. The van der Waals surface area contributed by atoms with E-state index in [1.54, 1.807) is 12.1 Å². The standard InChI is InChI=1S/C14H20O6/c1-8-4-2-3-5-9(8)6-10(16)12(18)14(20)13(19)11(17)7-15/h2-6,11-20H,7H2,1H3/b10-6-/t11-,12-,13+,14-/m0/s1. The summed E-state index contributed by atoms with van der Waals surface area (Å²) in [5.74, 6) is -0.545. The van der Waals surface area contributed by atoms with Crippen molar-refractivity contribution in [2.45, 2.75) is 31.3 Å². The van der Waals surface area contributed by atoms with E-state index in [0.717, 1.165) is 5.56 Å². The Kier molecular flexibility index (Phi) is 6.12. The highest BCUT2D eigenvalue weighted by molar-refractivity contribution is 5.55. The van der Waals surface area contributed by atoms with Crippen molar-refractivity contribution in [2.24, 2.45) is 0 Å². The largest absolute Gasteiger partial charge is 0.509 e. The maximum atomic E-state index is 9.77. The van der Waals surface area contributed by atoms with Crippen LogP contribution >= 0.6 is 0 Å². The SMILES string of the molecule is Cc1ccccc1/C=C(\O)[C@H](O)[C@H](O)[C@H](O)[C@@H](O)CO. The molecule has 0 saturated carbocycles. The monoisotopic (exact) mass is 284 g/mol. The minimum absolute atomic E-state index is 0.545. The molecule has 0 aliphatic rings. The second-order valence-corrected chi connectivity index (χ2v) is 4.60. The zero-order chi connectivity index (χ0) is 15.3. The van der Waals surface area contributed by atoms with Gasteiger partial charge in [0.2, 0.25) is 0 Å². The normalized spacial score (nSPS) is 18.4. The molecule has 6 N–H and O–H groups in total. The minimum Gasteiger partial charge on any atom is -0.509 e. The summed E-state index contributed by atoms with van der Waals surface area (Å²) in [6.07, 6.45) is -5.71. The van der Waals surface area contributed by atoms with Gasteiger partial charge < -0.3 is 30.6 Å². The minimum atomic E-state index is -1.82. The van der Waals surface area contributed by atoms with Crippen molar-refractivity contribution in [1.29, 1.82) is 0 Å². The van der Waals surface area contributed by atoms with Crippen LogP contribution in [0.3, 0.4) is 0 Å². The predicted molar refractivity (Wildman–Crippen MR) is 72.9 cm³/mol. The average Bonchev–Trinajstić information content (AvgIpc) is 2.46. The van der Waals surface area contributed by atoms with Gasteiger partial charge in [0.05, 0.1) is 6.61 Å². The molecule has 0 radical (unpaired) electrons. The topological polar surface area (TPSA) is 121 Å². The van der Waals surface area contributed by atoms with E-state index >= 15 is 0 Å². The zero-order valence-corrected chi connectivity index (χ0v) is 11.1. The van der Waals surface area contributed by atoms with Crippen LogP contribution in [0.1, 0.15) is 11.1 Å². The van der Waals surface area contributed by atoms with Gasteiger partial charge in [0.1, 0.15) is 30.2 Å². The molecule has 0 heterocycles. The van der Waals surface area contributed by atoms with Gasteiger partial charge in [0.15, 0.2) is 0 Å². The van der Waals surface area contributed by atoms with Crippen LogP contribution in [-0.4, -0.2) is 61.7 Å². The summed E-state index contributed by atoms with van der Waals surface area (Å²) in [5.41, 5.74) is 1.50. The van der Waals surface area contributed by atoms with E-state index < -0.39 is 36.8 Å². The molecule has 0 aliphatic heterocycles. The third-order valence-corrected chi connectivity index (χ3v) is 3.05. The second kappa shape index (κ2) is 7.37. The highest BCUT2D eigenvalue weighted by Gasteiger charge is 2.32. The highest BCUT2D eigenvalue weighted by Crippen LogP contribution is 2.16. The van der Waals surface area contributed by atoms with E-state index in [1.165, 1.54) is 6.08 Å². The molecule has 6 nitrogen and oxygen atoms in total. The van der Waals surface area contributed by atoms with Crippen LogP contribution in [0.2, 0.25) is 0 Å². The van der Waals surface area contributed by atoms with Crippen molar-refractivity contribution in [3.63, 3.8) is 0 Å². The Bertz CT molecular complexity index is 459. The summed E-state index contributed by atoms with van der Waals surface area (Å²) >= 11 is 0. The van der Waals surface area contributed by atoms with Gasteiger partial charge in [-0.25, -0.2) is 0 Å². The van der Waals surface area contributed by atoms with Crippen molar-refractivity contribution in [3.8, 4) is 0 Å². The van der Waals surface area contributed by atoms with Crippen molar-refractivity contribution in [3.05, 3.63) is 41.2 Å². The molecule has 0 bridgehead atoms. The van der Waals surface area contributed by atoms with Gasteiger partial charge in [0, 0.05) is 0 Å². The molecular weight excluding hydrogens is 264 g/mol. The molecule has 0 fully saturated rings. The summed E-state index contributed by atoms with van der Waals surface area (Å²) in [6.45, 7) is 1.04. The van der Waals surface area contributed by atoms with Gasteiger partial charge in [-0.05, 0) is 24.1 Å². The van der Waals surface area contributed by atoms with E-state index in [2.05, 4.69) is 0 Å². The molecule has 6 heteroatoms. The summed E-state index contributed by atoms with van der Waals surface area (Å²) in [7, 11) is 0. The first-order valence-electron chi connectivity index (χ1n) is 6.17. The van der Waals surface area contributed by atoms with Gasteiger partial charge in [-0.3, -0.25) is 0 Å². The van der Waals surface area contributed by atoms with Gasteiger partial charge in [0.25, 0.3) is 0 Å². The molecule has 20 heavy (non-hydrogen) atoms. The molecule has 0 amide bonds. The molecule has 4 atom stereocenters. The maximum absolute atomic E-state index is 9.77. The number of aliphatic hydroxyl groups excluding tert-OH is 6. The Morgan fingerprint density at radius 3 is 2.25 bits per heavy atom. The van der Waals surface area contributed by atoms with Crippen LogP contribution in [0.15, 0.2) is 30.0 Å². The number of aryl methyl sites for hydroxylation is 1. The fraction of sp³-hybridized carbons (Fsp3) is 0.429. The fourth-order valence-corrected chi connectivity index (χ4v) is 1.69. The van der Waals surface area contributed by atoms with Gasteiger partial charge >= 0.3 is 0 Å².